The zero-order valence-corrected chi connectivity index (χ0v) is 14.1. The second-order valence-electron chi connectivity index (χ2n) is 6.86. The van der Waals surface area contributed by atoms with Crippen LogP contribution in [0.5, 0.6) is 0 Å². The number of nitrogens with zero attached hydrogens (tertiary/aromatic N) is 3. The van der Waals surface area contributed by atoms with Gasteiger partial charge < -0.3 is 14.6 Å². The smallest absolute Gasteiger partial charge is 0.252 e. The van der Waals surface area contributed by atoms with Crippen LogP contribution in [0.4, 0.5) is 0 Å². The second kappa shape index (κ2) is 6.53. The number of hydrogen-bond acceptors (Lipinski definition) is 4. The highest BCUT2D eigenvalue weighted by molar-refractivity contribution is 5.81. The van der Waals surface area contributed by atoms with Gasteiger partial charge in [0, 0.05) is 32.8 Å². The van der Waals surface area contributed by atoms with Gasteiger partial charge in [0.2, 0.25) is 0 Å². The summed E-state index contributed by atoms with van der Waals surface area (Å²) in [5.74, 6) is 1.50. The summed E-state index contributed by atoms with van der Waals surface area (Å²) < 4.78 is 5.62. The normalized spacial score (nSPS) is 25.5. The lowest BCUT2D eigenvalue weighted by atomic mass is 10.0. The predicted octanol–water partition coefficient (Wildman–Crippen LogP) is 1.63. The van der Waals surface area contributed by atoms with Crippen LogP contribution in [0.25, 0.3) is 11.0 Å². The Hall–Kier alpha value is -1.92. The Balaban J connectivity index is 1.33. The molecule has 4 rings (SSSR count). The van der Waals surface area contributed by atoms with Crippen molar-refractivity contribution in [3.05, 3.63) is 30.1 Å². The lowest BCUT2D eigenvalue weighted by Gasteiger charge is -2.35. The lowest BCUT2D eigenvalue weighted by Crippen LogP contribution is -2.51. The van der Waals surface area contributed by atoms with Gasteiger partial charge in [0.05, 0.1) is 17.6 Å². The van der Waals surface area contributed by atoms with E-state index in [1.165, 1.54) is 0 Å². The fourth-order valence-electron chi connectivity index (χ4n) is 3.61. The van der Waals surface area contributed by atoms with Gasteiger partial charge in [-0.2, -0.15) is 0 Å². The Morgan fingerprint density at radius 2 is 2.08 bits per heavy atom. The van der Waals surface area contributed by atoms with Crippen molar-refractivity contribution in [1.29, 1.82) is 0 Å². The molecule has 2 saturated heterocycles. The maximum absolute atomic E-state index is 12.6. The molecule has 2 atom stereocenters. The van der Waals surface area contributed by atoms with Gasteiger partial charge in [0.1, 0.15) is 11.9 Å². The molecule has 2 aromatic rings. The summed E-state index contributed by atoms with van der Waals surface area (Å²) >= 11 is 0. The Bertz CT molecular complexity index is 688. The first-order valence-electron chi connectivity index (χ1n) is 8.77. The molecule has 2 aliphatic heterocycles. The average molecular weight is 328 g/mol. The minimum Gasteiger partial charge on any atom is -0.368 e. The van der Waals surface area contributed by atoms with E-state index in [9.17, 15) is 4.79 Å². The summed E-state index contributed by atoms with van der Waals surface area (Å²) in [7, 11) is 0. The number of piperazine rings is 1. The summed E-state index contributed by atoms with van der Waals surface area (Å²) in [5.41, 5.74) is 2.09. The fraction of sp³-hybridized carbons (Fsp3) is 0.556. The van der Waals surface area contributed by atoms with Gasteiger partial charge in [0.15, 0.2) is 0 Å². The molecule has 6 heteroatoms. The molecule has 3 heterocycles. The van der Waals surface area contributed by atoms with Crippen LogP contribution in [-0.2, 0) is 16.1 Å². The molecule has 0 aliphatic carbocycles. The van der Waals surface area contributed by atoms with Crippen molar-refractivity contribution in [3.8, 4) is 0 Å². The molecule has 24 heavy (non-hydrogen) atoms. The predicted molar refractivity (Wildman–Crippen MR) is 91.5 cm³/mol. The van der Waals surface area contributed by atoms with Crippen molar-refractivity contribution in [2.24, 2.45) is 5.92 Å². The molecule has 6 nitrogen and oxygen atoms in total. The van der Waals surface area contributed by atoms with Crippen LogP contribution in [0.2, 0.25) is 0 Å². The van der Waals surface area contributed by atoms with Crippen LogP contribution in [0.15, 0.2) is 24.3 Å². The number of ether oxygens (including phenoxy) is 1. The molecule has 0 bridgehead atoms. The minimum absolute atomic E-state index is 0.170. The molecule has 1 aromatic carbocycles. The Morgan fingerprint density at radius 1 is 1.29 bits per heavy atom. The Morgan fingerprint density at radius 3 is 2.79 bits per heavy atom. The van der Waals surface area contributed by atoms with Gasteiger partial charge >= 0.3 is 0 Å². The topological polar surface area (TPSA) is 61.5 Å². The lowest BCUT2D eigenvalue weighted by molar-refractivity contribution is -0.144. The molecule has 128 valence electrons. The number of H-pyrrole nitrogens is 1. The van der Waals surface area contributed by atoms with E-state index in [-0.39, 0.29) is 12.0 Å². The molecule has 2 fully saturated rings. The first-order valence-corrected chi connectivity index (χ1v) is 8.77. The van der Waals surface area contributed by atoms with E-state index < -0.39 is 0 Å². The van der Waals surface area contributed by atoms with Gasteiger partial charge in [-0.15, -0.1) is 0 Å². The highest BCUT2D eigenvalue weighted by Gasteiger charge is 2.35. The summed E-state index contributed by atoms with van der Waals surface area (Å²) in [6.45, 7) is 6.91. The molecule has 1 N–H and O–H groups in total. The molecular weight excluding hydrogens is 304 g/mol. The maximum Gasteiger partial charge on any atom is 0.252 e. The zero-order valence-electron chi connectivity index (χ0n) is 14.1. The number of rotatable bonds is 3. The minimum atomic E-state index is -0.230. The van der Waals surface area contributed by atoms with Crippen molar-refractivity contribution in [1.82, 2.24) is 19.8 Å². The van der Waals surface area contributed by atoms with E-state index in [4.69, 9.17) is 4.74 Å². The van der Waals surface area contributed by atoms with Crippen LogP contribution >= 0.6 is 0 Å². The number of aromatic amines is 1. The highest BCUT2D eigenvalue weighted by atomic mass is 16.5. The monoisotopic (exact) mass is 328 g/mol. The third-order valence-electron chi connectivity index (χ3n) is 5.13. The quantitative estimate of drug-likeness (QED) is 0.930. The number of hydrogen-bond donors (Lipinski definition) is 1. The van der Waals surface area contributed by atoms with Crippen LogP contribution < -0.4 is 0 Å². The second-order valence-corrected chi connectivity index (χ2v) is 6.86. The van der Waals surface area contributed by atoms with Gasteiger partial charge in [-0.1, -0.05) is 19.1 Å². The van der Waals surface area contributed by atoms with Gasteiger partial charge in [-0.25, -0.2) is 4.98 Å². The maximum atomic E-state index is 12.6. The van der Waals surface area contributed by atoms with Crippen molar-refractivity contribution in [2.45, 2.75) is 26.0 Å². The number of amides is 1. The summed E-state index contributed by atoms with van der Waals surface area (Å²) in [6, 6.07) is 8.09. The molecular formula is C18H24N4O2. The van der Waals surface area contributed by atoms with E-state index in [0.717, 1.165) is 56.0 Å². The Kier molecular flexibility index (Phi) is 4.24. The van der Waals surface area contributed by atoms with Crippen molar-refractivity contribution < 1.29 is 9.53 Å². The summed E-state index contributed by atoms with van der Waals surface area (Å²) in [6.07, 6.45) is 0.759. The third-order valence-corrected chi connectivity index (χ3v) is 5.13. The Labute approximate surface area is 141 Å². The van der Waals surface area contributed by atoms with E-state index in [2.05, 4.69) is 21.8 Å². The summed E-state index contributed by atoms with van der Waals surface area (Å²) in [4.78, 5) is 24.9. The molecule has 0 saturated carbocycles. The van der Waals surface area contributed by atoms with Crippen molar-refractivity contribution in [3.63, 3.8) is 0 Å². The van der Waals surface area contributed by atoms with Gasteiger partial charge in [-0.3, -0.25) is 9.69 Å². The third kappa shape index (κ3) is 3.03. The fourth-order valence-corrected chi connectivity index (χ4v) is 3.61. The number of nitrogens with one attached hydrogen (secondary N) is 1. The van der Waals surface area contributed by atoms with Crippen molar-refractivity contribution in [2.75, 3.05) is 32.8 Å². The van der Waals surface area contributed by atoms with Crippen LogP contribution in [-0.4, -0.2) is 64.6 Å². The van der Waals surface area contributed by atoms with Crippen LogP contribution in [0.3, 0.4) is 0 Å². The average Bonchev–Trinajstić information content (AvgIpc) is 3.20. The standard InChI is InChI=1S/C18H24N4O2/c1-13-6-11-24-17(13)18(23)22-9-7-21(8-10-22)12-16-19-14-4-2-3-5-15(14)20-16/h2-5,13,17H,6-12H2,1H3,(H,19,20). The molecule has 2 aliphatic rings. The molecule has 0 radical (unpaired) electrons. The van der Waals surface area contributed by atoms with E-state index in [0.29, 0.717) is 12.5 Å². The first kappa shape index (κ1) is 15.6. The SMILES string of the molecule is CC1CCOC1C(=O)N1CCN(Cc2nc3ccccc3[nH]2)CC1. The number of carbonyl (C=O) groups excluding carboxylic acids is 1. The largest absolute Gasteiger partial charge is 0.368 e. The van der Waals surface area contributed by atoms with Crippen LogP contribution in [0, 0.1) is 5.92 Å². The van der Waals surface area contributed by atoms with Crippen LogP contribution in [0.1, 0.15) is 19.2 Å². The van der Waals surface area contributed by atoms with E-state index in [1.807, 2.05) is 29.2 Å². The van der Waals surface area contributed by atoms with E-state index in [1.54, 1.807) is 0 Å². The number of aromatic nitrogens is 2. The molecule has 0 spiro atoms. The number of fused-ring (bicyclic) bond motifs is 1. The van der Waals surface area contributed by atoms with Gasteiger partial charge in [-0.05, 0) is 24.5 Å². The highest BCUT2D eigenvalue weighted by Crippen LogP contribution is 2.22. The van der Waals surface area contributed by atoms with E-state index >= 15 is 0 Å². The number of imidazole rings is 1. The van der Waals surface area contributed by atoms with Crippen molar-refractivity contribution >= 4 is 16.9 Å². The molecule has 1 aromatic heterocycles. The number of para-hydroxylation sites is 2. The molecule has 1 amide bonds. The number of benzene rings is 1. The number of carbonyl (C=O) groups is 1. The first-order chi connectivity index (χ1) is 11.7. The van der Waals surface area contributed by atoms with Gasteiger partial charge in [0.25, 0.3) is 5.91 Å². The molecule has 2 unspecified atom stereocenters. The summed E-state index contributed by atoms with van der Waals surface area (Å²) in [5, 5.41) is 0. The zero-order chi connectivity index (χ0) is 16.5.